The van der Waals surface area contributed by atoms with Gasteiger partial charge in [0.25, 0.3) is 0 Å². The molecule has 0 radical (unpaired) electrons. The molecule has 0 saturated carbocycles. The van der Waals surface area contributed by atoms with Gasteiger partial charge in [0.15, 0.2) is 5.82 Å². The van der Waals surface area contributed by atoms with E-state index in [9.17, 15) is 23.1 Å². The monoisotopic (exact) mass is 497 g/mol. The second-order valence-electron chi connectivity index (χ2n) is 7.40. The number of carbonyl (C=O) groups is 1. The van der Waals surface area contributed by atoms with Gasteiger partial charge in [-0.05, 0) is 47.4 Å². The molecule has 0 saturated heterocycles. The highest BCUT2D eigenvalue weighted by Crippen LogP contribution is 2.53. The molecule has 1 N–H and O–H groups in total. The first-order valence-corrected chi connectivity index (χ1v) is 11.3. The van der Waals surface area contributed by atoms with E-state index < -0.39 is 34.9 Å². The van der Waals surface area contributed by atoms with Crippen molar-refractivity contribution in [1.29, 1.82) is 0 Å². The lowest BCUT2D eigenvalue weighted by Gasteiger charge is -2.24. The molecule has 3 aromatic rings. The minimum atomic E-state index is -4.79. The number of hydrogen-bond donors (Lipinski definition) is 1. The average Bonchev–Trinajstić information content (AvgIpc) is 3.16. The molecule has 33 heavy (non-hydrogen) atoms. The zero-order valence-corrected chi connectivity index (χ0v) is 19.1. The Balaban J connectivity index is 2.04. The number of rotatable bonds is 5. The third-order valence-corrected chi connectivity index (χ3v) is 7.15. The first-order valence-electron chi connectivity index (χ1n) is 10.0. The van der Waals surface area contributed by atoms with Gasteiger partial charge in [-0.3, -0.25) is 9.36 Å². The first kappa shape index (κ1) is 23.4. The topological polar surface area (TPSA) is 77.2 Å². The lowest BCUT2D eigenvalue weighted by molar-refractivity contribution is -0.146. The number of thioether (sulfide) groups is 1. The number of carboxylic acid groups (broad SMARTS) is 1. The van der Waals surface area contributed by atoms with Crippen LogP contribution in [0.15, 0.2) is 36.4 Å². The number of carboxylic acids is 1. The fourth-order valence-electron chi connectivity index (χ4n) is 4.10. The molecule has 0 amide bonds. The van der Waals surface area contributed by atoms with E-state index in [0.29, 0.717) is 22.8 Å². The number of aliphatic carboxylic acids is 1. The highest BCUT2D eigenvalue weighted by atomic mass is 35.5. The van der Waals surface area contributed by atoms with Crippen molar-refractivity contribution in [2.45, 2.75) is 36.4 Å². The van der Waals surface area contributed by atoms with Gasteiger partial charge in [0.05, 0.1) is 29.7 Å². The highest BCUT2D eigenvalue weighted by Gasteiger charge is 2.43. The summed E-state index contributed by atoms with van der Waals surface area (Å²) in [4.78, 5) is 11.7. The van der Waals surface area contributed by atoms with Crippen LogP contribution in [0.2, 0.25) is 5.02 Å². The van der Waals surface area contributed by atoms with Crippen molar-refractivity contribution in [2.75, 3.05) is 7.11 Å². The average molecular weight is 498 g/mol. The predicted molar refractivity (Wildman–Crippen MR) is 118 cm³/mol. The summed E-state index contributed by atoms with van der Waals surface area (Å²) >= 11 is 7.49. The number of methoxy groups -OCH3 is 1. The second kappa shape index (κ2) is 8.90. The highest BCUT2D eigenvalue weighted by molar-refractivity contribution is 8.00. The molecule has 4 rings (SSSR count). The summed E-state index contributed by atoms with van der Waals surface area (Å²) in [6.07, 6.45) is -4.61. The SMILES string of the molecule is CCc1c(OC)cccc1C1SC(CC(=O)O)c2nnc(C(F)(F)F)n2-c2ccc(Cl)cc21. The van der Waals surface area contributed by atoms with E-state index in [2.05, 4.69) is 10.2 Å². The van der Waals surface area contributed by atoms with Crippen molar-refractivity contribution in [1.82, 2.24) is 14.8 Å². The largest absolute Gasteiger partial charge is 0.496 e. The Labute approximate surface area is 196 Å². The number of halogens is 4. The van der Waals surface area contributed by atoms with Gasteiger partial charge in [-0.15, -0.1) is 22.0 Å². The molecule has 0 spiro atoms. The van der Waals surface area contributed by atoms with Crippen LogP contribution < -0.4 is 4.74 Å². The van der Waals surface area contributed by atoms with Crippen LogP contribution in [0.3, 0.4) is 0 Å². The van der Waals surface area contributed by atoms with E-state index in [1.807, 2.05) is 19.1 Å². The maximum Gasteiger partial charge on any atom is 0.452 e. The number of hydrogen-bond acceptors (Lipinski definition) is 5. The summed E-state index contributed by atoms with van der Waals surface area (Å²) in [7, 11) is 1.55. The quantitative estimate of drug-likeness (QED) is 0.475. The molecular formula is C22H19ClF3N3O3S. The van der Waals surface area contributed by atoms with Crippen molar-refractivity contribution in [2.24, 2.45) is 0 Å². The van der Waals surface area contributed by atoms with Crippen LogP contribution in [0.5, 0.6) is 5.75 Å². The Bertz CT molecular complexity index is 1220. The van der Waals surface area contributed by atoms with Crippen molar-refractivity contribution in [3.63, 3.8) is 0 Å². The minimum absolute atomic E-state index is 0.0678. The van der Waals surface area contributed by atoms with Crippen LogP contribution in [0.4, 0.5) is 13.2 Å². The molecular weight excluding hydrogens is 479 g/mol. The van der Waals surface area contributed by atoms with Crippen LogP contribution in [-0.4, -0.2) is 33.0 Å². The Morgan fingerprint density at radius 1 is 1.24 bits per heavy atom. The van der Waals surface area contributed by atoms with Crippen molar-refractivity contribution < 1.29 is 27.8 Å². The number of ether oxygens (including phenoxy) is 1. The van der Waals surface area contributed by atoms with Crippen LogP contribution in [0.25, 0.3) is 5.69 Å². The molecule has 2 atom stereocenters. The Morgan fingerprint density at radius 3 is 2.64 bits per heavy atom. The predicted octanol–water partition coefficient (Wildman–Crippen LogP) is 5.86. The van der Waals surface area contributed by atoms with Crippen molar-refractivity contribution in [3.05, 3.63) is 69.8 Å². The summed E-state index contributed by atoms with van der Waals surface area (Å²) in [5.74, 6) is -1.78. The zero-order chi connectivity index (χ0) is 23.9. The van der Waals surface area contributed by atoms with Crippen molar-refractivity contribution >= 4 is 29.3 Å². The summed E-state index contributed by atoms with van der Waals surface area (Å²) in [6.45, 7) is 1.95. The van der Waals surface area contributed by atoms with E-state index in [0.717, 1.165) is 15.7 Å². The summed E-state index contributed by atoms with van der Waals surface area (Å²) in [5, 5.41) is 15.6. The Hall–Kier alpha value is -2.72. The maximum atomic E-state index is 13.9. The number of benzene rings is 2. The molecule has 0 bridgehead atoms. The number of fused-ring (bicyclic) bond motifs is 3. The standard InChI is InChI=1S/C22H19ClF3N3O3S/c1-3-12-13(5-4-6-16(12)32-2)19-14-9-11(23)7-8-15(14)29-20(17(33-19)10-18(30)31)27-28-21(29)22(24,25)26/h4-9,17,19H,3,10H2,1-2H3,(H,30,31). The maximum absolute atomic E-state index is 13.9. The second-order valence-corrected chi connectivity index (χ2v) is 9.15. The van der Waals surface area contributed by atoms with Crippen LogP contribution >= 0.6 is 23.4 Å². The molecule has 1 aliphatic heterocycles. The van der Waals surface area contributed by atoms with Gasteiger partial charge >= 0.3 is 12.1 Å². The fourth-order valence-corrected chi connectivity index (χ4v) is 5.83. The van der Waals surface area contributed by atoms with Crippen molar-refractivity contribution in [3.8, 4) is 11.4 Å². The molecule has 174 valence electrons. The molecule has 6 nitrogen and oxygen atoms in total. The van der Waals surface area contributed by atoms with E-state index >= 15 is 0 Å². The molecule has 11 heteroatoms. The first-order chi connectivity index (χ1) is 15.7. The third kappa shape index (κ3) is 4.29. The van der Waals surface area contributed by atoms with Gasteiger partial charge in [0, 0.05) is 5.02 Å². The number of aromatic nitrogens is 3. The molecule has 0 fully saturated rings. The minimum Gasteiger partial charge on any atom is -0.496 e. The smallest absolute Gasteiger partial charge is 0.452 e. The normalized spacial score (nSPS) is 17.8. The summed E-state index contributed by atoms with van der Waals surface area (Å²) in [5.41, 5.74) is 2.41. The molecule has 2 aromatic carbocycles. The lowest BCUT2D eigenvalue weighted by Crippen LogP contribution is -2.16. The lowest BCUT2D eigenvalue weighted by atomic mass is 9.95. The van der Waals surface area contributed by atoms with Crippen LogP contribution in [0.1, 0.15) is 52.2 Å². The van der Waals surface area contributed by atoms with Gasteiger partial charge in [-0.2, -0.15) is 13.2 Å². The van der Waals surface area contributed by atoms with E-state index in [1.165, 1.54) is 23.9 Å². The molecule has 2 heterocycles. The van der Waals surface area contributed by atoms with Gasteiger partial charge in [-0.25, -0.2) is 0 Å². The van der Waals surface area contributed by atoms with Crippen LogP contribution in [0, 0.1) is 0 Å². The molecule has 0 aliphatic carbocycles. The zero-order valence-electron chi connectivity index (χ0n) is 17.6. The molecule has 2 unspecified atom stereocenters. The number of nitrogens with zero attached hydrogens (tertiary/aromatic N) is 3. The van der Waals surface area contributed by atoms with E-state index in [-0.39, 0.29) is 11.5 Å². The van der Waals surface area contributed by atoms with E-state index in [4.69, 9.17) is 16.3 Å². The molecule has 1 aromatic heterocycles. The summed E-state index contributed by atoms with van der Waals surface area (Å²) < 4.78 is 48.0. The van der Waals surface area contributed by atoms with Gasteiger partial charge in [-0.1, -0.05) is 30.7 Å². The number of alkyl halides is 3. The third-order valence-electron chi connectivity index (χ3n) is 5.43. The van der Waals surface area contributed by atoms with Gasteiger partial charge in [0.1, 0.15) is 5.75 Å². The molecule has 1 aliphatic rings. The van der Waals surface area contributed by atoms with Crippen LogP contribution in [-0.2, 0) is 17.4 Å². The van der Waals surface area contributed by atoms with E-state index in [1.54, 1.807) is 19.2 Å². The Kier molecular flexibility index (Phi) is 6.32. The van der Waals surface area contributed by atoms with Gasteiger partial charge < -0.3 is 9.84 Å². The van der Waals surface area contributed by atoms with Gasteiger partial charge in [0.2, 0.25) is 5.82 Å². The summed E-state index contributed by atoms with van der Waals surface area (Å²) in [6, 6.07) is 10.1. The Morgan fingerprint density at radius 2 is 2.00 bits per heavy atom. The fraction of sp³-hybridized carbons (Fsp3) is 0.318.